The van der Waals surface area contributed by atoms with Gasteiger partial charge in [-0.3, -0.25) is 10.1 Å². The van der Waals surface area contributed by atoms with E-state index in [4.69, 9.17) is 9.47 Å². The van der Waals surface area contributed by atoms with Crippen molar-refractivity contribution >= 4 is 28.5 Å². The molecule has 1 atom stereocenters. The van der Waals surface area contributed by atoms with Gasteiger partial charge in [-0.2, -0.15) is 0 Å². The van der Waals surface area contributed by atoms with Crippen LogP contribution in [0.15, 0.2) is 30.5 Å². The second-order valence-electron chi connectivity index (χ2n) is 7.31. The average Bonchev–Trinajstić information content (AvgIpc) is 3.09. The van der Waals surface area contributed by atoms with Crippen molar-refractivity contribution in [3.63, 3.8) is 0 Å². The SMILES string of the molecule is CC(C)(C)OC(=O)N1CCOC(C(=O)Nc2ncc(-c3ccc(F)cc3)s2)C1. The van der Waals surface area contributed by atoms with Gasteiger partial charge in [0.1, 0.15) is 11.4 Å². The molecule has 1 saturated heterocycles. The van der Waals surface area contributed by atoms with Gasteiger partial charge in [0, 0.05) is 12.7 Å². The van der Waals surface area contributed by atoms with Crippen LogP contribution in [0.1, 0.15) is 20.8 Å². The van der Waals surface area contributed by atoms with Crippen molar-refractivity contribution in [2.75, 3.05) is 25.0 Å². The van der Waals surface area contributed by atoms with Crippen LogP contribution in [0.3, 0.4) is 0 Å². The smallest absolute Gasteiger partial charge is 0.410 e. The number of rotatable bonds is 3. The lowest BCUT2D eigenvalue weighted by Crippen LogP contribution is -2.51. The van der Waals surface area contributed by atoms with Crippen molar-refractivity contribution in [2.45, 2.75) is 32.5 Å². The first kappa shape index (κ1) is 20.2. The van der Waals surface area contributed by atoms with Crippen LogP contribution in [0.4, 0.5) is 14.3 Å². The molecule has 3 rings (SSSR count). The van der Waals surface area contributed by atoms with Gasteiger partial charge in [-0.25, -0.2) is 14.2 Å². The third kappa shape index (κ3) is 5.26. The van der Waals surface area contributed by atoms with Crippen LogP contribution in [-0.2, 0) is 14.3 Å². The molecule has 150 valence electrons. The van der Waals surface area contributed by atoms with E-state index in [1.165, 1.54) is 28.4 Å². The van der Waals surface area contributed by atoms with E-state index in [9.17, 15) is 14.0 Å². The van der Waals surface area contributed by atoms with E-state index in [1.54, 1.807) is 39.1 Å². The van der Waals surface area contributed by atoms with Gasteiger partial charge >= 0.3 is 6.09 Å². The number of nitrogens with zero attached hydrogens (tertiary/aromatic N) is 2. The summed E-state index contributed by atoms with van der Waals surface area (Å²) in [6.07, 6.45) is 0.336. The highest BCUT2D eigenvalue weighted by molar-refractivity contribution is 7.19. The Morgan fingerprint density at radius 2 is 2.04 bits per heavy atom. The number of hydrogen-bond acceptors (Lipinski definition) is 6. The Hall–Kier alpha value is -2.52. The van der Waals surface area contributed by atoms with Gasteiger partial charge in [-0.05, 0) is 38.5 Å². The van der Waals surface area contributed by atoms with E-state index in [0.29, 0.717) is 11.7 Å². The molecule has 1 aliphatic heterocycles. The van der Waals surface area contributed by atoms with Crippen LogP contribution in [0, 0.1) is 5.82 Å². The minimum Gasteiger partial charge on any atom is -0.444 e. The Kier molecular flexibility index (Phi) is 5.95. The average molecular weight is 407 g/mol. The highest BCUT2D eigenvalue weighted by Crippen LogP contribution is 2.29. The lowest BCUT2D eigenvalue weighted by Gasteiger charge is -2.33. The van der Waals surface area contributed by atoms with Crippen LogP contribution in [0.5, 0.6) is 0 Å². The van der Waals surface area contributed by atoms with Crippen LogP contribution < -0.4 is 5.32 Å². The summed E-state index contributed by atoms with van der Waals surface area (Å²) in [6, 6.07) is 6.04. The van der Waals surface area contributed by atoms with E-state index >= 15 is 0 Å². The summed E-state index contributed by atoms with van der Waals surface area (Å²) in [5.74, 6) is -0.695. The largest absolute Gasteiger partial charge is 0.444 e. The van der Waals surface area contributed by atoms with Gasteiger partial charge < -0.3 is 14.4 Å². The number of halogens is 1. The Morgan fingerprint density at radius 1 is 1.32 bits per heavy atom. The molecular formula is C19H22FN3O4S. The van der Waals surface area contributed by atoms with E-state index < -0.39 is 17.8 Å². The molecular weight excluding hydrogens is 385 g/mol. The lowest BCUT2D eigenvalue weighted by atomic mass is 10.2. The molecule has 7 nitrogen and oxygen atoms in total. The summed E-state index contributed by atoms with van der Waals surface area (Å²) < 4.78 is 23.9. The van der Waals surface area contributed by atoms with Gasteiger partial charge in [-0.15, -0.1) is 0 Å². The van der Waals surface area contributed by atoms with Crippen molar-refractivity contribution in [3.8, 4) is 10.4 Å². The van der Waals surface area contributed by atoms with Crippen LogP contribution in [0.25, 0.3) is 10.4 Å². The van der Waals surface area contributed by atoms with E-state index in [2.05, 4.69) is 10.3 Å². The first-order valence-corrected chi connectivity index (χ1v) is 9.65. The molecule has 0 spiro atoms. The minimum absolute atomic E-state index is 0.108. The number of morpholine rings is 1. The fourth-order valence-corrected chi connectivity index (χ4v) is 3.39. The summed E-state index contributed by atoms with van der Waals surface area (Å²) in [5, 5.41) is 3.12. The fraction of sp³-hybridized carbons (Fsp3) is 0.421. The number of anilines is 1. The van der Waals surface area contributed by atoms with E-state index in [1.807, 2.05) is 0 Å². The Balaban J connectivity index is 1.60. The molecule has 1 aromatic carbocycles. The number of nitrogens with one attached hydrogen (secondary N) is 1. The maximum Gasteiger partial charge on any atom is 0.410 e. The Morgan fingerprint density at radius 3 is 2.71 bits per heavy atom. The number of hydrogen-bond donors (Lipinski definition) is 1. The van der Waals surface area contributed by atoms with E-state index in [-0.39, 0.29) is 24.9 Å². The summed E-state index contributed by atoms with van der Waals surface area (Å²) in [7, 11) is 0. The molecule has 2 heterocycles. The highest BCUT2D eigenvalue weighted by atomic mass is 32.1. The molecule has 0 bridgehead atoms. The molecule has 0 aliphatic carbocycles. The predicted octanol–water partition coefficient (Wildman–Crippen LogP) is 3.52. The quantitative estimate of drug-likeness (QED) is 0.842. The molecule has 28 heavy (non-hydrogen) atoms. The molecule has 1 aliphatic rings. The number of amides is 2. The lowest BCUT2D eigenvalue weighted by molar-refractivity contribution is -0.132. The van der Waals surface area contributed by atoms with Gasteiger partial charge in [0.05, 0.1) is 18.0 Å². The highest BCUT2D eigenvalue weighted by Gasteiger charge is 2.32. The number of thiazole rings is 1. The summed E-state index contributed by atoms with van der Waals surface area (Å²) in [6.45, 7) is 6.09. The van der Waals surface area contributed by atoms with Crippen molar-refractivity contribution in [1.29, 1.82) is 0 Å². The van der Waals surface area contributed by atoms with Gasteiger partial charge in [-0.1, -0.05) is 23.5 Å². The molecule has 0 radical (unpaired) electrons. The van der Waals surface area contributed by atoms with Crippen molar-refractivity contribution in [3.05, 3.63) is 36.3 Å². The van der Waals surface area contributed by atoms with E-state index in [0.717, 1.165) is 10.4 Å². The molecule has 2 amide bonds. The second-order valence-corrected chi connectivity index (χ2v) is 8.34. The molecule has 1 aromatic heterocycles. The Labute approximate surface area is 166 Å². The zero-order chi connectivity index (χ0) is 20.3. The van der Waals surface area contributed by atoms with Crippen LogP contribution in [0.2, 0.25) is 0 Å². The molecule has 2 aromatic rings. The zero-order valence-electron chi connectivity index (χ0n) is 15.9. The maximum atomic E-state index is 13.0. The summed E-state index contributed by atoms with van der Waals surface area (Å²) in [5.41, 5.74) is 0.203. The molecule has 1 fully saturated rings. The second kappa shape index (κ2) is 8.24. The molecule has 1 unspecified atom stereocenters. The zero-order valence-corrected chi connectivity index (χ0v) is 16.7. The summed E-state index contributed by atoms with van der Waals surface area (Å²) in [4.78, 5) is 31.2. The molecule has 0 saturated carbocycles. The van der Waals surface area contributed by atoms with Crippen LogP contribution in [-0.4, -0.2) is 53.3 Å². The van der Waals surface area contributed by atoms with Crippen molar-refractivity contribution in [1.82, 2.24) is 9.88 Å². The number of carbonyl (C=O) groups is 2. The van der Waals surface area contributed by atoms with Crippen LogP contribution >= 0.6 is 11.3 Å². The number of ether oxygens (including phenoxy) is 2. The number of benzene rings is 1. The fourth-order valence-electron chi connectivity index (χ4n) is 2.57. The van der Waals surface area contributed by atoms with Crippen molar-refractivity contribution < 1.29 is 23.5 Å². The normalized spacial score (nSPS) is 17.3. The Bertz CT molecular complexity index is 848. The monoisotopic (exact) mass is 407 g/mol. The topological polar surface area (TPSA) is 80.8 Å². The molecule has 9 heteroatoms. The maximum absolute atomic E-state index is 13.0. The summed E-state index contributed by atoms with van der Waals surface area (Å²) >= 11 is 1.27. The predicted molar refractivity (Wildman–Crippen MR) is 104 cm³/mol. The minimum atomic E-state index is -0.806. The van der Waals surface area contributed by atoms with Gasteiger partial charge in [0.15, 0.2) is 11.2 Å². The molecule has 1 N–H and O–H groups in total. The third-order valence-electron chi connectivity index (χ3n) is 3.88. The number of aromatic nitrogens is 1. The third-order valence-corrected chi connectivity index (χ3v) is 4.84. The van der Waals surface area contributed by atoms with Crippen molar-refractivity contribution in [2.24, 2.45) is 0 Å². The van der Waals surface area contributed by atoms with Gasteiger partial charge in [0.25, 0.3) is 5.91 Å². The standard InChI is InChI=1S/C19H22FN3O4S/c1-19(2,3)27-18(25)23-8-9-26-14(11-23)16(24)22-17-21-10-15(28-17)12-4-6-13(20)7-5-12/h4-7,10,14H,8-9,11H2,1-3H3,(H,21,22,24). The first-order chi connectivity index (χ1) is 13.2. The van der Waals surface area contributed by atoms with Gasteiger partial charge in [0.2, 0.25) is 0 Å². The number of carbonyl (C=O) groups excluding carboxylic acids is 2. The first-order valence-electron chi connectivity index (χ1n) is 8.83.